The second-order valence-electron chi connectivity index (χ2n) is 2.71. The molecule has 2 aliphatic rings. The number of thioether (sulfide) groups is 1. The van der Waals surface area contributed by atoms with Gasteiger partial charge in [0, 0.05) is 12.6 Å². The largest absolute Gasteiger partial charge is 0.477 e. The Balaban J connectivity index is 0.000000845. The molecule has 0 bridgehead atoms. The lowest BCUT2D eigenvalue weighted by atomic mass is 10.2. The summed E-state index contributed by atoms with van der Waals surface area (Å²) in [6.45, 7) is 0.753. The van der Waals surface area contributed by atoms with Crippen LogP contribution in [0.4, 0.5) is 0 Å². The SMILES string of the molecule is Cl.Cl.O=C1C=C(C(=O)O)N2CCC2S1. The van der Waals surface area contributed by atoms with Crippen molar-refractivity contribution in [3.05, 3.63) is 11.8 Å². The molecule has 1 atom stereocenters. The van der Waals surface area contributed by atoms with Gasteiger partial charge in [0.1, 0.15) is 5.70 Å². The number of hydrogen-bond acceptors (Lipinski definition) is 4. The predicted molar refractivity (Wildman–Crippen MR) is 57.9 cm³/mol. The second kappa shape index (κ2) is 4.91. The molecule has 2 rings (SSSR count). The summed E-state index contributed by atoms with van der Waals surface area (Å²) >= 11 is 1.20. The van der Waals surface area contributed by atoms with Crippen LogP contribution in [0, 0.1) is 0 Å². The van der Waals surface area contributed by atoms with E-state index in [1.165, 1.54) is 17.8 Å². The average Bonchev–Trinajstić information content (AvgIpc) is 1.95. The van der Waals surface area contributed by atoms with Crippen LogP contribution in [0.5, 0.6) is 0 Å². The molecule has 1 saturated heterocycles. The molecule has 1 unspecified atom stereocenters. The molecule has 1 N–H and O–H groups in total. The zero-order valence-electron chi connectivity index (χ0n) is 7.00. The summed E-state index contributed by atoms with van der Waals surface area (Å²) < 4.78 is 0. The minimum Gasteiger partial charge on any atom is -0.477 e. The third-order valence-corrected chi connectivity index (χ3v) is 3.11. The predicted octanol–water partition coefficient (Wildman–Crippen LogP) is 1.10. The van der Waals surface area contributed by atoms with E-state index in [9.17, 15) is 9.59 Å². The van der Waals surface area contributed by atoms with Crippen LogP contribution in [0.3, 0.4) is 0 Å². The molecule has 0 spiro atoms. The maximum absolute atomic E-state index is 11.0. The van der Waals surface area contributed by atoms with Gasteiger partial charge in [-0.3, -0.25) is 4.79 Å². The molecule has 0 amide bonds. The molecule has 7 heteroatoms. The van der Waals surface area contributed by atoms with Gasteiger partial charge in [-0.05, 0) is 6.42 Å². The number of carbonyl (C=O) groups excluding carboxylic acids is 1. The molecule has 0 saturated carbocycles. The summed E-state index contributed by atoms with van der Waals surface area (Å²) in [5.41, 5.74) is 0.148. The summed E-state index contributed by atoms with van der Waals surface area (Å²) in [7, 11) is 0. The van der Waals surface area contributed by atoms with Crippen molar-refractivity contribution in [3.8, 4) is 0 Å². The lowest BCUT2D eigenvalue weighted by Crippen LogP contribution is -2.49. The van der Waals surface area contributed by atoms with E-state index >= 15 is 0 Å². The quantitative estimate of drug-likeness (QED) is 0.763. The summed E-state index contributed by atoms with van der Waals surface area (Å²) in [4.78, 5) is 23.3. The minimum absolute atomic E-state index is 0. The van der Waals surface area contributed by atoms with Crippen LogP contribution in [-0.2, 0) is 9.59 Å². The molecular formula is C7H9Cl2NO3S. The van der Waals surface area contributed by atoms with Gasteiger partial charge in [0.05, 0.1) is 5.37 Å². The average molecular weight is 258 g/mol. The van der Waals surface area contributed by atoms with E-state index < -0.39 is 5.97 Å². The van der Waals surface area contributed by atoms with Gasteiger partial charge in [-0.15, -0.1) is 24.8 Å². The third kappa shape index (κ3) is 2.16. The van der Waals surface area contributed by atoms with E-state index in [4.69, 9.17) is 5.11 Å². The van der Waals surface area contributed by atoms with Crippen molar-refractivity contribution in [2.75, 3.05) is 6.54 Å². The minimum atomic E-state index is -1.01. The van der Waals surface area contributed by atoms with Crippen molar-refractivity contribution in [1.82, 2.24) is 4.90 Å². The fraction of sp³-hybridized carbons (Fsp3) is 0.429. The summed E-state index contributed by atoms with van der Waals surface area (Å²) in [6.07, 6.45) is 2.10. The zero-order valence-corrected chi connectivity index (χ0v) is 9.45. The fourth-order valence-electron chi connectivity index (χ4n) is 1.31. The van der Waals surface area contributed by atoms with Gasteiger partial charge in [-0.2, -0.15) is 0 Å². The molecule has 0 aromatic heterocycles. The number of fused-ring (bicyclic) bond motifs is 1. The van der Waals surface area contributed by atoms with Gasteiger partial charge in [-0.1, -0.05) is 11.8 Å². The Kier molecular flexibility index (Phi) is 4.77. The lowest BCUT2D eigenvalue weighted by Gasteiger charge is -2.43. The summed E-state index contributed by atoms with van der Waals surface area (Å²) in [5, 5.41) is 8.64. The van der Waals surface area contributed by atoms with E-state index in [0.29, 0.717) is 0 Å². The highest BCUT2D eigenvalue weighted by Gasteiger charge is 2.38. The molecule has 4 nitrogen and oxygen atoms in total. The maximum Gasteiger partial charge on any atom is 0.352 e. The highest BCUT2D eigenvalue weighted by molar-refractivity contribution is 8.14. The van der Waals surface area contributed by atoms with Gasteiger partial charge in [-0.25, -0.2) is 4.79 Å². The molecule has 2 heterocycles. The Morgan fingerprint density at radius 1 is 1.57 bits per heavy atom. The first-order valence-electron chi connectivity index (χ1n) is 3.61. The number of aliphatic carboxylic acids is 1. The van der Waals surface area contributed by atoms with Gasteiger partial charge >= 0.3 is 5.97 Å². The van der Waals surface area contributed by atoms with E-state index in [0.717, 1.165) is 13.0 Å². The van der Waals surface area contributed by atoms with Crippen LogP contribution >= 0.6 is 36.6 Å². The van der Waals surface area contributed by atoms with Crippen molar-refractivity contribution < 1.29 is 14.7 Å². The van der Waals surface area contributed by atoms with Crippen LogP contribution in [0.25, 0.3) is 0 Å². The van der Waals surface area contributed by atoms with E-state index in [-0.39, 0.29) is 41.0 Å². The van der Waals surface area contributed by atoms with Crippen LogP contribution in [0.2, 0.25) is 0 Å². The van der Waals surface area contributed by atoms with Gasteiger partial charge in [0.15, 0.2) is 0 Å². The van der Waals surface area contributed by atoms with Crippen LogP contribution in [-0.4, -0.2) is 33.0 Å². The van der Waals surface area contributed by atoms with Crippen molar-refractivity contribution >= 4 is 47.7 Å². The normalized spacial score (nSPS) is 23.4. The molecule has 0 aromatic carbocycles. The summed E-state index contributed by atoms with van der Waals surface area (Å²) in [5.74, 6) is -1.01. The van der Waals surface area contributed by atoms with E-state index in [2.05, 4.69) is 0 Å². The first-order valence-corrected chi connectivity index (χ1v) is 4.48. The Hall–Kier alpha value is -0.390. The standard InChI is InChI=1S/C7H7NO3S.2ClH/c9-6-3-4(7(10)11)8-2-1-5(8)12-6;;/h3,5H,1-2H2,(H,10,11);2*1H. The van der Waals surface area contributed by atoms with Crippen LogP contribution < -0.4 is 0 Å². The Morgan fingerprint density at radius 3 is 2.64 bits per heavy atom. The number of carboxylic acid groups (broad SMARTS) is 1. The zero-order chi connectivity index (χ0) is 8.72. The number of nitrogens with zero attached hydrogens (tertiary/aromatic N) is 1. The van der Waals surface area contributed by atoms with Gasteiger partial charge in [0.2, 0.25) is 5.12 Å². The molecule has 0 aromatic rings. The van der Waals surface area contributed by atoms with Crippen molar-refractivity contribution in [2.45, 2.75) is 11.8 Å². The van der Waals surface area contributed by atoms with Gasteiger partial charge in [0.25, 0.3) is 0 Å². The first-order chi connectivity index (χ1) is 5.68. The Bertz CT molecular complexity index is 295. The number of rotatable bonds is 1. The van der Waals surface area contributed by atoms with Crippen molar-refractivity contribution in [3.63, 3.8) is 0 Å². The number of carbonyl (C=O) groups is 2. The Morgan fingerprint density at radius 2 is 2.21 bits per heavy atom. The second-order valence-corrected chi connectivity index (χ2v) is 3.89. The lowest BCUT2D eigenvalue weighted by molar-refractivity contribution is -0.135. The number of halogens is 2. The van der Waals surface area contributed by atoms with Gasteiger partial charge < -0.3 is 10.0 Å². The molecule has 14 heavy (non-hydrogen) atoms. The highest BCUT2D eigenvalue weighted by atomic mass is 35.5. The van der Waals surface area contributed by atoms with E-state index in [1.807, 2.05) is 0 Å². The van der Waals surface area contributed by atoms with Crippen LogP contribution in [0.15, 0.2) is 11.8 Å². The van der Waals surface area contributed by atoms with Crippen molar-refractivity contribution in [1.29, 1.82) is 0 Å². The molecule has 0 radical (unpaired) electrons. The molecule has 80 valence electrons. The van der Waals surface area contributed by atoms with E-state index in [1.54, 1.807) is 4.90 Å². The molecule has 1 fully saturated rings. The fourth-order valence-corrected chi connectivity index (χ4v) is 2.33. The maximum atomic E-state index is 11.0. The molecule has 2 aliphatic heterocycles. The van der Waals surface area contributed by atoms with Crippen LogP contribution in [0.1, 0.15) is 6.42 Å². The van der Waals surface area contributed by atoms with Crippen molar-refractivity contribution in [2.24, 2.45) is 0 Å². The first kappa shape index (κ1) is 13.6. The third-order valence-electron chi connectivity index (χ3n) is 2.00. The monoisotopic (exact) mass is 257 g/mol. The topological polar surface area (TPSA) is 57.6 Å². The smallest absolute Gasteiger partial charge is 0.352 e. The molecule has 0 aliphatic carbocycles. The highest BCUT2D eigenvalue weighted by Crippen LogP contribution is 2.36. The Labute approximate surface area is 97.5 Å². The number of hydrogen-bond donors (Lipinski definition) is 1. The summed E-state index contributed by atoms with van der Waals surface area (Å²) in [6, 6.07) is 0. The number of carboxylic acids is 1. The molecular weight excluding hydrogens is 249 g/mol.